The first-order valence-corrected chi connectivity index (χ1v) is 4.99. The molecule has 0 fully saturated rings. The lowest BCUT2D eigenvalue weighted by atomic mass is 10.2. The highest BCUT2D eigenvalue weighted by atomic mass is 16.4. The molecule has 0 aromatic heterocycles. The fourth-order valence-corrected chi connectivity index (χ4v) is 1.11. The third-order valence-electron chi connectivity index (χ3n) is 2.04. The highest BCUT2D eigenvalue weighted by Gasteiger charge is 2.19. The molecule has 0 saturated heterocycles. The largest absolute Gasteiger partial charge is 0.480 e. The van der Waals surface area contributed by atoms with Crippen molar-refractivity contribution in [1.82, 2.24) is 4.90 Å². The van der Waals surface area contributed by atoms with Crippen LogP contribution in [0, 0.1) is 0 Å². The van der Waals surface area contributed by atoms with Crippen LogP contribution in [0.1, 0.15) is 19.8 Å². The summed E-state index contributed by atoms with van der Waals surface area (Å²) in [6.07, 6.45) is 1.74. The minimum atomic E-state index is -1.11. The average molecular weight is 217 g/mol. The maximum Gasteiger partial charge on any atom is 0.322 e. The van der Waals surface area contributed by atoms with Gasteiger partial charge < -0.3 is 21.5 Å². The Morgan fingerprint density at radius 1 is 1.47 bits per heavy atom. The van der Waals surface area contributed by atoms with Gasteiger partial charge >= 0.3 is 5.97 Å². The average Bonchev–Trinajstić information content (AvgIpc) is 2.22. The van der Waals surface area contributed by atoms with Crippen LogP contribution in [0.25, 0.3) is 0 Å². The second kappa shape index (κ2) is 7.19. The van der Waals surface area contributed by atoms with Crippen molar-refractivity contribution in [2.45, 2.75) is 25.8 Å². The summed E-state index contributed by atoms with van der Waals surface area (Å²) in [5, 5.41) is 8.62. The Hall–Kier alpha value is -1.14. The zero-order valence-electron chi connectivity index (χ0n) is 8.98. The van der Waals surface area contributed by atoms with E-state index in [9.17, 15) is 9.59 Å². The molecule has 1 amide bonds. The lowest BCUT2D eigenvalue weighted by Crippen LogP contribution is -2.47. The van der Waals surface area contributed by atoms with Crippen molar-refractivity contribution in [3.63, 3.8) is 0 Å². The third kappa shape index (κ3) is 5.34. The van der Waals surface area contributed by atoms with Gasteiger partial charge in [-0.25, -0.2) is 0 Å². The molecule has 0 spiro atoms. The Labute approximate surface area is 89.2 Å². The first kappa shape index (κ1) is 13.9. The fourth-order valence-electron chi connectivity index (χ4n) is 1.11. The van der Waals surface area contributed by atoms with Gasteiger partial charge in [-0.1, -0.05) is 13.3 Å². The van der Waals surface area contributed by atoms with E-state index in [1.165, 1.54) is 4.90 Å². The fraction of sp³-hybridized carbons (Fsp3) is 0.778. The van der Waals surface area contributed by atoms with Crippen LogP contribution in [-0.4, -0.2) is 47.6 Å². The molecule has 0 radical (unpaired) electrons. The second-order valence-corrected chi connectivity index (χ2v) is 3.34. The molecule has 6 nitrogen and oxygen atoms in total. The van der Waals surface area contributed by atoms with Gasteiger partial charge in [0.1, 0.15) is 6.04 Å². The van der Waals surface area contributed by atoms with E-state index >= 15 is 0 Å². The topological polar surface area (TPSA) is 110 Å². The van der Waals surface area contributed by atoms with Crippen LogP contribution < -0.4 is 11.5 Å². The monoisotopic (exact) mass is 217 g/mol. The van der Waals surface area contributed by atoms with Crippen molar-refractivity contribution in [3.05, 3.63) is 0 Å². The Morgan fingerprint density at radius 3 is 2.47 bits per heavy atom. The molecular weight excluding hydrogens is 198 g/mol. The molecule has 15 heavy (non-hydrogen) atoms. The molecule has 0 aromatic carbocycles. The first-order chi connectivity index (χ1) is 7.02. The molecule has 0 aliphatic carbocycles. The summed E-state index contributed by atoms with van der Waals surface area (Å²) in [6, 6.07) is -1.04. The van der Waals surface area contributed by atoms with Crippen molar-refractivity contribution in [1.29, 1.82) is 0 Å². The molecule has 1 atom stereocenters. The number of aliphatic carboxylic acids is 1. The highest BCUT2D eigenvalue weighted by molar-refractivity contribution is 5.79. The molecule has 0 aliphatic heterocycles. The quantitative estimate of drug-likeness (QED) is 0.506. The van der Waals surface area contributed by atoms with E-state index < -0.39 is 12.0 Å². The molecule has 0 aromatic rings. The van der Waals surface area contributed by atoms with Gasteiger partial charge in [0.05, 0.1) is 6.54 Å². The SMILES string of the molecule is CCCCN(C[C@H](N)C(=O)O)C(=O)CN. The van der Waals surface area contributed by atoms with Crippen molar-refractivity contribution >= 4 is 11.9 Å². The normalized spacial score (nSPS) is 12.2. The van der Waals surface area contributed by atoms with Gasteiger partial charge in [0.25, 0.3) is 0 Å². The molecule has 88 valence electrons. The Morgan fingerprint density at radius 2 is 2.07 bits per heavy atom. The van der Waals surface area contributed by atoms with Crippen LogP contribution in [0.2, 0.25) is 0 Å². The van der Waals surface area contributed by atoms with Gasteiger partial charge in [-0.15, -0.1) is 0 Å². The number of rotatable bonds is 7. The number of unbranched alkanes of at least 4 members (excludes halogenated alkanes) is 1. The molecule has 6 heteroatoms. The summed E-state index contributed by atoms with van der Waals surface area (Å²) in [5.41, 5.74) is 10.6. The summed E-state index contributed by atoms with van der Waals surface area (Å²) in [7, 11) is 0. The predicted octanol–water partition coefficient (Wildman–Crippen LogP) is -1.01. The lowest BCUT2D eigenvalue weighted by Gasteiger charge is -2.23. The number of hydrogen-bond donors (Lipinski definition) is 3. The van der Waals surface area contributed by atoms with E-state index in [1.54, 1.807) is 0 Å². The number of carbonyl (C=O) groups excluding carboxylic acids is 1. The van der Waals surface area contributed by atoms with Gasteiger partial charge in [-0.2, -0.15) is 0 Å². The van der Waals surface area contributed by atoms with Crippen LogP contribution >= 0.6 is 0 Å². The molecule has 0 aliphatic rings. The number of amides is 1. The van der Waals surface area contributed by atoms with Crippen LogP contribution in [0.15, 0.2) is 0 Å². The number of carboxylic acids is 1. The van der Waals surface area contributed by atoms with Crippen molar-refractivity contribution in [2.24, 2.45) is 11.5 Å². The molecule has 5 N–H and O–H groups in total. The van der Waals surface area contributed by atoms with Crippen LogP contribution in [0.3, 0.4) is 0 Å². The summed E-state index contributed by atoms with van der Waals surface area (Å²) in [6.45, 7) is 2.40. The van der Waals surface area contributed by atoms with Crippen molar-refractivity contribution in [3.8, 4) is 0 Å². The minimum Gasteiger partial charge on any atom is -0.480 e. The van der Waals surface area contributed by atoms with Gasteiger partial charge in [0.15, 0.2) is 0 Å². The maximum atomic E-state index is 11.3. The van der Waals surface area contributed by atoms with E-state index in [2.05, 4.69) is 0 Å². The Bertz CT molecular complexity index is 221. The van der Waals surface area contributed by atoms with E-state index in [0.29, 0.717) is 6.54 Å². The maximum absolute atomic E-state index is 11.3. The molecule has 0 rings (SSSR count). The van der Waals surface area contributed by atoms with Crippen LogP contribution in [0.5, 0.6) is 0 Å². The zero-order valence-corrected chi connectivity index (χ0v) is 8.98. The van der Waals surface area contributed by atoms with Gasteiger partial charge in [0, 0.05) is 13.1 Å². The zero-order chi connectivity index (χ0) is 11.8. The Balaban J connectivity index is 4.23. The third-order valence-corrected chi connectivity index (χ3v) is 2.04. The summed E-state index contributed by atoms with van der Waals surface area (Å²) in [5.74, 6) is -1.37. The van der Waals surface area contributed by atoms with E-state index in [4.69, 9.17) is 16.6 Å². The van der Waals surface area contributed by atoms with E-state index in [-0.39, 0.29) is 19.0 Å². The van der Waals surface area contributed by atoms with Crippen LogP contribution in [-0.2, 0) is 9.59 Å². The highest BCUT2D eigenvalue weighted by Crippen LogP contribution is 1.97. The molecule has 0 saturated carbocycles. The number of nitrogens with zero attached hydrogens (tertiary/aromatic N) is 1. The standard InChI is InChI=1S/C9H19N3O3/c1-2-3-4-12(8(13)5-10)6-7(11)9(14)15/h7H,2-6,10-11H2,1H3,(H,14,15)/t7-/m0/s1. The number of carboxylic acid groups (broad SMARTS) is 1. The predicted molar refractivity (Wildman–Crippen MR) is 56.2 cm³/mol. The van der Waals surface area contributed by atoms with Crippen LogP contribution in [0.4, 0.5) is 0 Å². The number of hydrogen-bond acceptors (Lipinski definition) is 4. The summed E-state index contributed by atoms with van der Waals surface area (Å²) in [4.78, 5) is 23.3. The smallest absolute Gasteiger partial charge is 0.322 e. The number of nitrogens with two attached hydrogens (primary N) is 2. The van der Waals surface area contributed by atoms with Gasteiger partial charge in [-0.05, 0) is 6.42 Å². The minimum absolute atomic E-state index is 0.0192. The van der Waals surface area contributed by atoms with E-state index in [0.717, 1.165) is 12.8 Å². The summed E-state index contributed by atoms with van der Waals surface area (Å²) >= 11 is 0. The van der Waals surface area contributed by atoms with E-state index in [1.807, 2.05) is 6.92 Å². The van der Waals surface area contributed by atoms with Crippen molar-refractivity contribution in [2.75, 3.05) is 19.6 Å². The lowest BCUT2D eigenvalue weighted by molar-refractivity contribution is -0.140. The number of carbonyl (C=O) groups is 2. The van der Waals surface area contributed by atoms with Gasteiger partial charge in [0.2, 0.25) is 5.91 Å². The van der Waals surface area contributed by atoms with Gasteiger partial charge in [-0.3, -0.25) is 9.59 Å². The molecule has 0 unspecified atom stereocenters. The van der Waals surface area contributed by atoms with Crippen molar-refractivity contribution < 1.29 is 14.7 Å². The first-order valence-electron chi connectivity index (χ1n) is 4.99. The molecule has 0 heterocycles. The Kier molecular flexibility index (Phi) is 6.64. The second-order valence-electron chi connectivity index (χ2n) is 3.34. The molecule has 0 bridgehead atoms. The summed E-state index contributed by atoms with van der Waals surface area (Å²) < 4.78 is 0. The molecular formula is C9H19N3O3.